The summed E-state index contributed by atoms with van der Waals surface area (Å²) in [7, 11) is -3.80. The number of thiophene rings is 1. The number of nitrogens with zero attached hydrogens (tertiary/aromatic N) is 5. The van der Waals surface area contributed by atoms with Crippen LogP contribution in [-0.2, 0) is 21.3 Å². The van der Waals surface area contributed by atoms with Gasteiger partial charge in [-0.1, -0.05) is 38.7 Å². The first-order valence-electron chi connectivity index (χ1n) is 14.6. The Bertz CT molecular complexity index is 1570. The number of pyridine rings is 1. The number of nitrogens with one attached hydrogen (secondary N) is 1. The maximum atomic E-state index is 13.5. The molecule has 224 valence electrons. The molecule has 12 heteroatoms. The monoisotopic (exact) mass is 610 g/mol. The number of aryl methyl sites for hydroxylation is 1. The summed E-state index contributed by atoms with van der Waals surface area (Å²) in [5, 5.41) is 4.53. The number of carbonyl (C=O) groups is 1. The zero-order chi connectivity index (χ0) is 29.5. The molecule has 0 saturated carbocycles. The van der Waals surface area contributed by atoms with Gasteiger partial charge >= 0.3 is 6.09 Å². The van der Waals surface area contributed by atoms with E-state index in [4.69, 9.17) is 9.72 Å². The van der Waals surface area contributed by atoms with Crippen molar-refractivity contribution in [3.05, 3.63) is 60.2 Å². The predicted molar refractivity (Wildman–Crippen MR) is 166 cm³/mol. The van der Waals surface area contributed by atoms with Crippen LogP contribution in [0.25, 0.3) is 22.4 Å². The predicted octanol–water partition coefficient (Wildman–Crippen LogP) is 6.03. The normalized spacial score (nSPS) is 16.6. The molecule has 4 aromatic rings. The molecule has 4 heterocycles. The number of rotatable bonds is 12. The molecule has 1 saturated heterocycles. The second-order valence-corrected chi connectivity index (χ2v) is 13.4. The molecule has 3 aromatic heterocycles. The molecule has 0 spiro atoms. The van der Waals surface area contributed by atoms with Gasteiger partial charge in [0.1, 0.15) is 10.0 Å². The lowest BCUT2D eigenvalue weighted by Gasteiger charge is -2.39. The van der Waals surface area contributed by atoms with Crippen LogP contribution in [0.1, 0.15) is 46.0 Å². The zero-order valence-electron chi connectivity index (χ0n) is 24.1. The molecule has 1 aliphatic heterocycles. The van der Waals surface area contributed by atoms with Gasteiger partial charge in [0.05, 0.1) is 17.6 Å². The Hall–Kier alpha value is -3.32. The lowest BCUT2D eigenvalue weighted by atomic mass is 10.1. The first kappa shape index (κ1) is 30.1. The van der Waals surface area contributed by atoms with Gasteiger partial charge in [-0.25, -0.2) is 18.2 Å². The lowest BCUT2D eigenvalue weighted by Crippen LogP contribution is -2.56. The second-order valence-electron chi connectivity index (χ2n) is 10.4. The number of ether oxygens (including phenoxy) is 1. The van der Waals surface area contributed by atoms with E-state index in [9.17, 15) is 13.2 Å². The van der Waals surface area contributed by atoms with Gasteiger partial charge < -0.3 is 9.30 Å². The number of unbranched alkanes of at least 4 members (excludes halogenated alkanes) is 4. The molecule has 0 radical (unpaired) electrons. The van der Waals surface area contributed by atoms with Gasteiger partial charge in [0.15, 0.2) is 6.23 Å². The Labute approximate surface area is 251 Å². The van der Waals surface area contributed by atoms with Crippen molar-refractivity contribution in [3.63, 3.8) is 0 Å². The topological polar surface area (TPSA) is 110 Å². The number of imidazole rings is 1. The van der Waals surface area contributed by atoms with Gasteiger partial charge in [-0.05, 0) is 61.7 Å². The molecular weight excluding hydrogens is 573 g/mol. The highest BCUT2D eigenvalue weighted by Crippen LogP contribution is 2.28. The van der Waals surface area contributed by atoms with Gasteiger partial charge in [-0.3, -0.25) is 15.2 Å². The number of carbonyl (C=O) groups excluding carboxylic acids is 1. The number of sulfonamides is 1. The average Bonchev–Trinajstić information content (AvgIpc) is 3.66. The van der Waals surface area contributed by atoms with Crippen LogP contribution in [-0.4, -0.2) is 70.7 Å². The molecule has 0 aliphatic carbocycles. The van der Waals surface area contributed by atoms with Crippen LogP contribution < -0.4 is 5.32 Å². The van der Waals surface area contributed by atoms with Gasteiger partial charge in [0, 0.05) is 43.3 Å². The Balaban J connectivity index is 1.31. The second kappa shape index (κ2) is 13.8. The third-order valence-electron chi connectivity index (χ3n) is 7.50. The van der Waals surface area contributed by atoms with E-state index in [0.717, 1.165) is 59.7 Å². The van der Waals surface area contributed by atoms with E-state index < -0.39 is 22.3 Å². The molecule has 10 nitrogen and oxygen atoms in total. The number of hydrogen-bond acceptors (Lipinski definition) is 8. The molecular formula is C30H38N6O4S2. The van der Waals surface area contributed by atoms with Crippen LogP contribution in [0.4, 0.5) is 10.5 Å². The quantitative estimate of drug-likeness (QED) is 0.195. The zero-order valence-corrected chi connectivity index (χ0v) is 25.7. The molecule has 1 amide bonds. The maximum absolute atomic E-state index is 13.5. The Morgan fingerprint density at radius 1 is 1.07 bits per heavy atom. The molecule has 1 N–H and O–H groups in total. The summed E-state index contributed by atoms with van der Waals surface area (Å²) in [6.45, 7) is 6.99. The van der Waals surface area contributed by atoms with E-state index in [1.165, 1.54) is 23.6 Å². The fraction of sp³-hybridized carbons (Fsp3) is 0.433. The van der Waals surface area contributed by atoms with E-state index in [2.05, 4.69) is 33.6 Å². The number of aromatic nitrogens is 3. The minimum Gasteiger partial charge on any atom is -0.428 e. The van der Waals surface area contributed by atoms with Crippen LogP contribution >= 0.6 is 11.3 Å². The third kappa shape index (κ3) is 6.83. The summed E-state index contributed by atoms with van der Waals surface area (Å²) < 4.78 is 36.4. The lowest BCUT2D eigenvalue weighted by molar-refractivity contribution is -0.0166. The Morgan fingerprint density at radius 3 is 2.62 bits per heavy atom. The number of benzene rings is 1. The van der Waals surface area contributed by atoms with Crippen molar-refractivity contribution in [3.8, 4) is 11.4 Å². The molecule has 0 bridgehead atoms. The van der Waals surface area contributed by atoms with Gasteiger partial charge in [-0.15, -0.1) is 11.3 Å². The largest absolute Gasteiger partial charge is 0.428 e. The van der Waals surface area contributed by atoms with Crippen molar-refractivity contribution in [1.29, 1.82) is 0 Å². The summed E-state index contributed by atoms with van der Waals surface area (Å²) in [6, 6.07) is 12.6. The Morgan fingerprint density at radius 2 is 1.88 bits per heavy atom. The number of piperazine rings is 1. The maximum Gasteiger partial charge on any atom is 0.413 e. The number of hydrogen-bond donors (Lipinski definition) is 1. The van der Waals surface area contributed by atoms with E-state index in [0.29, 0.717) is 18.8 Å². The van der Waals surface area contributed by atoms with Crippen LogP contribution in [0, 0.1) is 0 Å². The highest BCUT2D eigenvalue weighted by Gasteiger charge is 2.39. The van der Waals surface area contributed by atoms with E-state index in [1.54, 1.807) is 42.0 Å². The van der Waals surface area contributed by atoms with Gasteiger partial charge in [-0.2, -0.15) is 4.31 Å². The minimum atomic E-state index is -3.80. The number of amides is 1. The molecule has 1 fully saturated rings. The molecule has 1 aliphatic rings. The molecule has 1 aromatic carbocycles. The highest BCUT2D eigenvalue weighted by atomic mass is 32.2. The number of anilines is 1. The highest BCUT2D eigenvalue weighted by molar-refractivity contribution is 7.91. The average molecular weight is 611 g/mol. The van der Waals surface area contributed by atoms with E-state index in [1.807, 2.05) is 18.2 Å². The van der Waals surface area contributed by atoms with E-state index >= 15 is 0 Å². The third-order valence-corrected chi connectivity index (χ3v) is 10.8. The number of fused-ring (bicyclic) bond motifs is 1. The van der Waals surface area contributed by atoms with Crippen molar-refractivity contribution < 1.29 is 17.9 Å². The fourth-order valence-electron chi connectivity index (χ4n) is 5.35. The molecule has 1 atom stereocenters. The Kier molecular flexibility index (Phi) is 9.88. The fourth-order valence-corrected chi connectivity index (χ4v) is 7.96. The SMILES string of the molecule is CCCCCCCN1CCN(S(=O)(=O)c2cccs2)C(OC(=O)Nc2ccc3c(c2)nc(-c2ccncc2)n3CC)C1. The summed E-state index contributed by atoms with van der Waals surface area (Å²) in [6.07, 6.45) is 7.57. The van der Waals surface area contributed by atoms with Gasteiger partial charge in [0.25, 0.3) is 10.0 Å². The molecule has 42 heavy (non-hydrogen) atoms. The summed E-state index contributed by atoms with van der Waals surface area (Å²) in [5.74, 6) is 0.820. The summed E-state index contributed by atoms with van der Waals surface area (Å²) >= 11 is 1.16. The van der Waals surface area contributed by atoms with Crippen molar-refractivity contribution >= 4 is 44.2 Å². The molecule has 5 rings (SSSR count). The first-order chi connectivity index (χ1) is 20.4. The van der Waals surface area contributed by atoms with Crippen molar-refractivity contribution in [2.75, 3.05) is 31.5 Å². The van der Waals surface area contributed by atoms with E-state index in [-0.39, 0.29) is 10.8 Å². The van der Waals surface area contributed by atoms with Crippen molar-refractivity contribution in [2.45, 2.75) is 62.9 Å². The van der Waals surface area contributed by atoms with Crippen LogP contribution in [0.15, 0.2) is 64.4 Å². The van der Waals surface area contributed by atoms with Crippen LogP contribution in [0.5, 0.6) is 0 Å². The standard InChI is InChI=1S/C30H38N6O4S2/c1-3-5-6-7-8-17-34-18-19-36(42(38,39)28-10-9-20-41-28)27(22-34)40-30(37)32-24-11-12-26-25(21-24)33-29(35(26)4-2)23-13-15-31-16-14-23/h9-16,20-21,27H,3-8,17-19,22H2,1-2H3,(H,32,37). The smallest absolute Gasteiger partial charge is 0.413 e. The first-order valence-corrected chi connectivity index (χ1v) is 16.9. The minimum absolute atomic E-state index is 0.242. The summed E-state index contributed by atoms with van der Waals surface area (Å²) in [4.78, 5) is 24.3. The summed E-state index contributed by atoms with van der Waals surface area (Å²) in [5.41, 5.74) is 3.15. The van der Waals surface area contributed by atoms with Crippen LogP contribution in [0.3, 0.4) is 0 Å². The van der Waals surface area contributed by atoms with Crippen LogP contribution in [0.2, 0.25) is 0 Å². The van der Waals surface area contributed by atoms with Gasteiger partial charge in [0.2, 0.25) is 0 Å². The van der Waals surface area contributed by atoms with Crippen molar-refractivity contribution in [2.24, 2.45) is 0 Å². The van der Waals surface area contributed by atoms with Crippen molar-refractivity contribution in [1.82, 2.24) is 23.7 Å². The molecule has 1 unspecified atom stereocenters.